The minimum absolute atomic E-state index is 0.0355. The Morgan fingerprint density at radius 2 is 2.04 bits per heavy atom. The first-order chi connectivity index (χ1) is 13.0. The van der Waals surface area contributed by atoms with Crippen molar-refractivity contribution in [2.24, 2.45) is 0 Å². The first kappa shape index (κ1) is 19.4. The van der Waals surface area contributed by atoms with Gasteiger partial charge >= 0.3 is 0 Å². The standard InChI is InChI=1S/C21H21ClFNO3/c1-3-15(12-25)24-8-7-19(26)16-10-14(20(27-2)11-18(16)24)9-13-5-4-6-17(22)21(13)23/h4-8,10-11,15,25H,3,9,12H2,1-2H3/t15-/m0/s1. The fraction of sp³-hybridized carbons (Fsp3) is 0.286. The Hall–Kier alpha value is -2.37. The van der Waals surface area contributed by atoms with Crippen molar-refractivity contribution in [3.63, 3.8) is 0 Å². The molecular weight excluding hydrogens is 369 g/mol. The predicted molar refractivity (Wildman–Crippen MR) is 105 cm³/mol. The van der Waals surface area contributed by atoms with Crippen LogP contribution in [0.2, 0.25) is 5.02 Å². The number of halogens is 2. The summed E-state index contributed by atoms with van der Waals surface area (Å²) in [5, 5.41) is 10.2. The van der Waals surface area contributed by atoms with Crippen LogP contribution in [0.3, 0.4) is 0 Å². The number of hydrogen-bond acceptors (Lipinski definition) is 3. The molecule has 0 spiro atoms. The third kappa shape index (κ3) is 3.70. The van der Waals surface area contributed by atoms with Crippen molar-refractivity contribution in [1.82, 2.24) is 4.57 Å². The van der Waals surface area contributed by atoms with Gasteiger partial charge < -0.3 is 14.4 Å². The quantitative estimate of drug-likeness (QED) is 0.682. The number of aliphatic hydroxyl groups is 1. The number of fused-ring (bicyclic) bond motifs is 1. The smallest absolute Gasteiger partial charge is 0.189 e. The van der Waals surface area contributed by atoms with Crippen molar-refractivity contribution >= 4 is 22.5 Å². The SMILES string of the molecule is CC[C@@H](CO)n1ccc(=O)c2cc(Cc3cccc(Cl)c3F)c(OC)cc21. The van der Waals surface area contributed by atoms with Gasteiger partial charge in [0, 0.05) is 30.1 Å². The molecule has 0 aliphatic heterocycles. The number of methoxy groups -OCH3 is 1. The molecule has 0 radical (unpaired) electrons. The van der Waals surface area contributed by atoms with E-state index in [9.17, 15) is 14.3 Å². The van der Waals surface area contributed by atoms with E-state index in [0.29, 0.717) is 34.2 Å². The second kappa shape index (κ2) is 8.11. The van der Waals surface area contributed by atoms with Gasteiger partial charge in [0.15, 0.2) is 5.43 Å². The van der Waals surface area contributed by atoms with E-state index in [4.69, 9.17) is 16.3 Å². The minimum Gasteiger partial charge on any atom is -0.496 e. The number of nitrogens with zero attached hydrogens (tertiary/aromatic N) is 1. The van der Waals surface area contributed by atoms with Crippen LogP contribution in [0, 0.1) is 5.82 Å². The molecule has 0 unspecified atom stereocenters. The summed E-state index contributed by atoms with van der Waals surface area (Å²) in [6.07, 6.45) is 2.65. The number of rotatable bonds is 6. The molecule has 0 aliphatic rings. The Morgan fingerprint density at radius 1 is 1.26 bits per heavy atom. The van der Waals surface area contributed by atoms with Gasteiger partial charge in [0.1, 0.15) is 11.6 Å². The lowest BCUT2D eigenvalue weighted by atomic mass is 10.0. The summed E-state index contributed by atoms with van der Waals surface area (Å²) in [7, 11) is 1.54. The molecule has 3 rings (SSSR count). The normalized spacial score (nSPS) is 12.3. The zero-order chi connectivity index (χ0) is 19.6. The molecule has 0 bridgehead atoms. The van der Waals surface area contributed by atoms with E-state index >= 15 is 0 Å². The largest absolute Gasteiger partial charge is 0.496 e. The molecule has 27 heavy (non-hydrogen) atoms. The second-order valence-corrected chi connectivity index (χ2v) is 6.81. The molecule has 0 saturated carbocycles. The Labute approximate surface area is 161 Å². The highest BCUT2D eigenvalue weighted by Crippen LogP contribution is 2.30. The van der Waals surface area contributed by atoms with Gasteiger partial charge in [-0.2, -0.15) is 0 Å². The van der Waals surface area contributed by atoms with Gasteiger partial charge in [0.2, 0.25) is 0 Å². The molecule has 3 aromatic rings. The highest BCUT2D eigenvalue weighted by Gasteiger charge is 2.16. The molecule has 1 atom stereocenters. The van der Waals surface area contributed by atoms with Gasteiger partial charge in [-0.05, 0) is 29.7 Å². The van der Waals surface area contributed by atoms with Gasteiger partial charge in [0.05, 0.1) is 30.3 Å². The summed E-state index contributed by atoms with van der Waals surface area (Å²) in [5.74, 6) is 0.0761. The molecule has 0 saturated heterocycles. The van der Waals surface area contributed by atoms with E-state index in [2.05, 4.69) is 0 Å². The molecule has 142 valence electrons. The number of hydrogen-bond donors (Lipinski definition) is 1. The lowest BCUT2D eigenvalue weighted by Crippen LogP contribution is -2.16. The number of pyridine rings is 1. The van der Waals surface area contributed by atoms with Gasteiger partial charge in [-0.1, -0.05) is 30.7 Å². The van der Waals surface area contributed by atoms with Crippen LogP contribution in [0.25, 0.3) is 10.9 Å². The first-order valence-corrected chi connectivity index (χ1v) is 9.13. The van der Waals surface area contributed by atoms with E-state index in [-0.39, 0.29) is 29.5 Å². The number of aromatic nitrogens is 1. The first-order valence-electron chi connectivity index (χ1n) is 8.75. The highest BCUT2D eigenvalue weighted by molar-refractivity contribution is 6.30. The van der Waals surface area contributed by atoms with Crippen LogP contribution < -0.4 is 10.2 Å². The third-order valence-electron chi connectivity index (χ3n) is 4.82. The van der Waals surface area contributed by atoms with Crippen LogP contribution in [0.1, 0.15) is 30.5 Å². The molecule has 1 N–H and O–H groups in total. The zero-order valence-corrected chi connectivity index (χ0v) is 16.0. The average molecular weight is 390 g/mol. The van der Waals surface area contributed by atoms with Gasteiger partial charge in [-0.15, -0.1) is 0 Å². The summed E-state index contributed by atoms with van der Waals surface area (Å²) in [4.78, 5) is 12.4. The fourth-order valence-electron chi connectivity index (χ4n) is 3.29. The summed E-state index contributed by atoms with van der Waals surface area (Å²) in [6.45, 7) is 1.94. The van der Waals surface area contributed by atoms with Crippen molar-refractivity contribution in [2.45, 2.75) is 25.8 Å². The Morgan fingerprint density at radius 3 is 2.70 bits per heavy atom. The number of benzene rings is 2. The Bertz CT molecular complexity index is 1030. The van der Waals surface area contributed by atoms with Crippen LogP contribution in [0.5, 0.6) is 5.75 Å². The van der Waals surface area contributed by atoms with Gasteiger partial charge in [-0.3, -0.25) is 4.79 Å². The monoisotopic (exact) mass is 389 g/mol. The van der Waals surface area contributed by atoms with E-state index in [1.54, 1.807) is 30.5 Å². The number of ether oxygens (including phenoxy) is 1. The van der Waals surface area contributed by atoms with Crippen molar-refractivity contribution < 1.29 is 14.2 Å². The van der Waals surface area contributed by atoms with E-state index < -0.39 is 5.82 Å². The summed E-state index contributed by atoms with van der Waals surface area (Å²) >= 11 is 5.88. The molecule has 0 aliphatic carbocycles. The maximum atomic E-state index is 14.3. The molecule has 1 aromatic heterocycles. The minimum atomic E-state index is -0.474. The lowest BCUT2D eigenvalue weighted by Gasteiger charge is -2.20. The van der Waals surface area contributed by atoms with Crippen molar-refractivity contribution in [3.8, 4) is 5.75 Å². The van der Waals surface area contributed by atoms with Crippen molar-refractivity contribution in [2.75, 3.05) is 13.7 Å². The average Bonchev–Trinajstić information content (AvgIpc) is 2.68. The van der Waals surface area contributed by atoms with Crippen molar-refractivity contribution in [1.29, 1.82) is 0 Å². The van der Waals surface area contributed by atoms with Crippen LogP contribution in [-0.2, 0) is 6.42 Å². The molecule has 2 aromatic carbocycles. The van der Waals surface area contributed by atoms with Crippen LogP contribution in [0.15, 0.2) is 47.4 Å². The Kier molecular flexibility index (Phi) is 5.82. The third-order valence-corrected chi connectivity index (χ3v) is 5.11. The van der Waals surface area contributed by atoms with Crippen LogP contribution in [-0.4, -0.2) is 23.4 Å². The molecule has 0 amide bonds. The summed E-state index contributed by atoms with van der Waals surface area (Å²) in [5.41, 5.74) is 1.66. The molecular formula is C21H21ClFNO3. The molecule has 1 heterocycles. The highest BCUT2D eigenvalue weighted by atomic mass is 35.5. The van der Waals surface area contributed by atoms with Crippen LogP contribution in [0.4, 0.5) is 4.39 Å². The molecule has 4 nitrogen and oxygen atoms in total. The topological polar surface area (TPSA) is 51.5 Å². The fourth-order valence-corrected chi connectivity index (χ4v) is 3.49. The van der Waals surface area contributed by atoms with E-state index in [0.717, 1.165) is 0 Å². The number of aliphatic hydroxyl groups excluding tert-OH is 1. The molecule has 6 heteroatoms. The maximum Gasteiger partial charge on any atom is 0.189 e. The Balaban J connectivity index is 2.19. The summed E-state index contributed by atoms with van der Waals surface area (Å²) in [6, 6.07) is 9.69. The molecule has 0 fully saturated rings. The van der Waals surface area contributed by atoms with E-state index in [1.165, 1.54) is 19.2 Å². The van der Waals surface area contributed by atoms with Crippen molar-refractivity contribution in [3.05, 3.63) is 74.8 Å². The zero-order valence-electron chi connectivity index (χ0n) is 15.2. The lowest BCUT2D eigenvalue weighted by molar-refractivity contribution is 0.227. The van der Waals surface area contributed by atoms with Gasteiger partial charge in [0.25, 0.3) is 0 Å². The van der Waals surface area contributed by atoms with Gasteiger partial charge in [-0.25, -0.2) is 4.39 Å². The second-order valence-electron chi connectivity index (χ2n) is 6.40. The van der Waals surface area contributed by atoms with Crippen LogP contribution >= 0.6 is 11.6 Å². The van der Waals surface area contributed by atoms with E-state index in [1.807, 2.05) is 11.5 Å². The maximum absolute atomic E-state index is 14.3. The summed E-state index contributed by atoms with van der Waals surface area (Å²) < 4.78 is 21.7. The predicted octanol–water partition coefficient (Wildman–Crippen LogP) is 4.34.